The molecule has 2 N–H and O–H groups in total. The number of carbonyl (C=O) groups excluding carboxylic acids is 2. The molecule has 1 aromatic heterocycles. The van der Waals surface area contributed by atoms with Crippen LogP contribution in [0.4, 0.5) is 5.69 Å². The van der Waals surface area contributed by atoms with Crippen LogP contribution in [0.25, 0.3) is 0 Å². The molecule has 2 aromatic carbocycles. The highest BCUT2D eigenvalue weighted by atomic mass is 35.5. The second-order valence-electron chi connectivity index (χ2n) is 7.43. The van der Waals surface area contributed by atoms with Crippen molar-refractivity contribution in [3.63, 3.8) is 0 Å². The first-order valence-electron chi connectivity index (χ1n) is 10.1. The SMILES string of the molecule is O=C(Cc1csc(Cc2cccc(Cl)c2)n1)NCc1ccc(N2CCNC(=O)C2)cc1. The van der Waals surface area contributed by atoms with Gasteiger partial charge in [0.15, 0.2) is 0 Å². The van der Waals surface area contributed by atoms with Crippen LogP contribution in [0.2, 0.25) is 5.02 Å². The van der Waals surface area contributed by atoms with Gasteiger partial charge in [-0.3, -0.25) is 9.59 Å². The molecule has 1 aliphatic heterocycles. The molecule has 4 rings (SSSR count). The predicted octanol–water partition coefficient (Wildman–Crippen LogP) is 3.18. The highest BCUT2D eigenvalue weighted by Crippen LogP contribution is 2.18. The molecule has 8 heteroatoms. The first-order chi connectivity index (χ1) is 15.0. The van der Waals surface area contributed by atoms with Crippen LogP contribution in [0.5, 0.6) is 0 Å². The molecule has 0 aliphatic carbocycles. The Hall–Kier alpha value is -2.90. The summed E-state index contributed by atoms with van der Waals surface area (Å²) in [4.78, 5) is 30.5. The van der Waals surface area contributed by atoms with E-state index in [9.17, 15) is 9.59 Å². The van der Waals surface area contributed by atoms with Gasteiger partial charge in [-0.15, -0.1) is 11.3 Å². The van der Waals surface area contributed by atoms with Crippen LogP contribution in [0.1, 0.15) is 21.8 Å². The summed E-state index contributed by atoms with van der Waals surface area (Å²) >= 11 is 7.59. The van der Waals surface area contributed by atoms with Crippen molar-refractivity contribution in [3.05, 3.63) is 80.8 Å². The van der Waals surface area contributed by atoms with Crippen LogP contribution >= 0.6 is 22.9 Å². The molecule has 0 atom stereocenters. The van der Waals surface area contributed by atoms with E-state index in [2.05, 4.69) is 15.6 Å². The number of carbonyl (C=O) groups is 2. The number of halogens is 1. The Kier molecular flexibility index (Phi) is 6.84. The minimum Gasteiger partial charge on any atom is -0.360 e. The minimum absolute atomic E-state index is 0.0420. The molecule has 1 fully saturated rings. The molecule has 0 unspecified atom stereocenters. The third-order valence-electron chi connectivity index (χ3n) is 5.01. The van der Waals surface area contributed by atoms with Gasteiger partial charge in [0.1, 0.15) is 0 Å². The van der Waals surface area contributed by atoms with Crippen molar-refractivity contribution in [2.75, 3.05) is 24.5 Å². The third kappa shape index (κ3) is 6.06. The first-order valence-corrected chi connectivity index (χ1v) is 11.4. The largest absolute Gasteiger partial charge is 0.360 e. The van der Waals surface area contributed by atoms with Gasteiger partial charge in [0.05, 0.1) is 23.7 Å². The number of rotatable bonds is 7. The summed E-state index contributed by atoms with van der Waals surface area (Å²) in [5.74, 6) is -0.0169. The summed E-state index contributed by atoms with van der Waals surface area (Å²) in [7, 11) is 0. The summed E-state index contributed by atoms with van der Waals surface area (Å²) in [6, 6.07) is 15.7. The van der Waals surface area contributed by atoms with Crippen LogP contribution in [-0.4, -0.2) is 36.4 Å². The number of nitrogens with one attached hydrogen (secondary N) is 2. The zero-order chi connectivity index (χ0) is 21.6. The van der Waals surface area contributed by atoms with Crippen molar-refractivity contribution in [2.24, 2.45) is 0 Å². The molecule has 1 saturated heterocycles. The van der Waals surface area contributed by atoms with Crippen LogP contribution in [-0.2, 0) is 29.0 Å². The van der Waals surface area contributed by atoms with Crippen LogP contribution in [0.15, 0.2) is 53.9 Å². The number of benzene rings is 2. The van der Waals surface area contributed by atoms with E-state index in [1.54, 1.807) is 11.3 Å². The Morgan fingerprint density at radius 3 is 2.81 bits per heavy atom. The van der Waals surface area contributed by atoms with E-state index in [-0.39, 0.29) is 18.2 Å². The average molecular weight is 455 g/mol. The number of anilines is 1. The summed E-state index contributed by atoms with van der Waals surface area (Å²) in [5.41, 5.74) is 3.91. The smallest absolute Gasteiger partial charge is 0.239 e. The molecule has 0 saturated carbocycles. The second-order valence-corrected chi connectivity index (χ2v) is 8.81. The predicted molar refractivity (Wildman–Crippen MR) is 124 cm³/mol. The lowest BCUT2D eigenvalue weighted by Crippen LogP contribution is -2.47. The van der Waals surface area contributed by atoms with E-state index in [1.165, 1.54) is 0 Å². The molecule has 160 valence electrons. The molecule has 1 aliphatic rings. The number of amides is 2. The molecule has 2 amide bonds. The number of hydrogen-bond acceptors (Lipinski definition) is 5. The van der Waals surface area contributed by atoms with Crippen molar-refractivity contribution >= 4 is 40.4 Å². The number of aromatic nitrogens is 1. The maximum atomic E-state index is 12.3. The minimum atomic E-state index is -0.0589. The van der Waals surface area contributed by atoms with Crippen LogP contribution in [0, 0.1) is 0 Å². The molecule has 31 heavy (non-hydrogen) atoms. The van der Waals surface area contributed by atoms with Gasteiger partial charge in [-0.25, -0.2) is 4.98 Å². The van der Waals surface area contributed by atoms with Gasteiger partial charge in [0.2, 0.25) is 11.8 Å². The normalized spacial score (nSPS) is 13.7. The molecular formula is C23H23ClN4O2S. The van der Waals surface area contributed by atoms with Crippen molar-refractivity contribution in [1.82, 2.24) is 15.6 Å². The Balaban J connectivity index is 1.26. The summed E-state index contributed by atoms with van der Waals surface area (Å²) < 4.78 is 0. The number of hydrogen-bond donors (Lipinski definition) is 2. The van der Waals surface area contributed by atoms with Crippen molar-refractivity contribution in [2.45, 2.75) is 19.4 Å². The van der Waals surface area contributed by atoms with Gasteiger partial charge >= 0.3 is 0 Å². The van der Waals surface area contributed by atoms with Crippen molar-refractivity contribution in [1.29, 1.82) is 0 Å². The van der Waals surface area contributed by atoms with E-state index in [1.807, 2.05) is 58.8 Å². The maximum Gasteiger partial charge on any atom is 0.239 e. The van der Waals surface area contributed by atoms with Gasteiger partial charge < -0.3 is 15.5 Å². The monoisotopic (exact) mass is 454 g/mol. The second kappa shape index (κ2) is 9.94. The molecule has 0 radical (unpaired) electrons. The Morgan fingerprint density at radius 2 is 2.03 bits per heavy atom. The quantitative estimate of drug-likeness (QED) is 0.575. The van der Waals surface area contributed by atoms with E-state index in [0.717, 1.165) is 34.1 Å². The molecule has 0 bridgehead atoms. The van der Waals surface area contributed by atoms with Crippen LogP contribution < -0.4 is 15.5 Å². The number of nitrogens with zero attached hydrogens (tertiary/aromatic N) is 2. The van der Waals surface area contributed by atoms with Gasteiger partial charge in [0.25, 0.3) is 0 Å². The average Bonchev–Trinajstić information content (AvgIpc) is 3.19. The maximum absolute atomic E-state index is 12.3. The van der Waals surface area contributed by atoms with E-state index >= 15 is 0 Å². The fourth-order valence-corrected chi connectivity index (χ4v) is 4.49. The fraction of sp³-hybridized carbons (Fsp3) is 0.261. The van der Waals surface area contributed by atoms with Gasteiger partial charge in [-0.05, 0) is 35.4 Å². The van der Waals surface area contributed by atoms with Crippen LogP contribution in [0.3, 0.4) is 0 Å². The third-order valence-corrected chi connectivity index (χ3v) is 6.15. The van der Waals surface area contributed by atoms with E-state index in [4.69, 9.17) is 11.6 Å². The number of thiazole rings is 1. The summed E-state index contributed by atoms with van der Waals surface area (Å²) in [6.07, 6.45) is 0.963. The zero-order valence-corrected chi connectivity index (χ0v) is 18.5. The standard InChI is InChI=1S/C23H23ClN4O2S/c24-18-3-1-2-17(10-18)11-23-27-19(15-31-23)12-21(29)26-13-16-4-6-20(7-5-16)28-9-8-25-22(30)14-28/h1-7,10,15H,8-9,11-14H2,(H,25,30)(H,26,29). The molecular weight excluding hydrogens is 432 g/mol. The van der Waals surface area contributed by atoms with Crippen molar-refractivity contribution < 1.29 is 9.59 Å². The molecule has 0 spiro atoms. The summed E-state index contributed by atoms with van der Waals surface area (Å²) in [5, 5.41) is 9.38. The Morgan fingerprint density at radius 1 is 1.19 bits per heavy atom. The first kappa shape index (κ1) is 21.3. The molecule has 2 heterocycles. The lowest BCUT2D eigenvalue weighted by Gasteiger charge is -2.28. The lowest BCUT2D eigenvalue weighted by atomic mass is 10.1. The van der Waals surface area contributed by atoms with Gasteiger partial charge in [-0.2, -0.15) is 0 Å². The Bertz CT molecular complexity index is 1070. The van der Waals surface area contributed by atoms with E-state index < -0.39 is 0 Å². The summed E-state index contributed by atoms with van der Waals surface area (Å²) in [6.45, 7) is 2.30. The highest BCUT2D eigenvalue weighted by Gasteiger charge is 2.16. The van der Waals surface area contributed by atoms with Gasteiger partial charge in [-0.1, -0.05) is 35.9 Å². The number of piperazine rings is 1. The fourth-order valence-electron chi connectivity index (χ4n) is 3.44. The lowest BCUT2D eigenvalue weighted by molar-refractivity contribution is -0.121. The molecule has 6 nitrogen and oxygen atoms in total. The Labute approximate surface area is 190 Å². The van der Waals surface area contributed by atoms with Gasteiger partial charge in [0, 0.05) is 42.1 Å². The highest BCUT2D eigenvalue weighted by molar-refractivity contribution is 7.09. The van der Waals surface area contributed by atoms with Crippen molar-refractivity contribution in [3.8, 4) is 0 Å². The molecule has 3 aromatic rings. The topological polar surface area (TPSA) is 74.3 Å². The zero-order valence-electron chi connectivity index (χ0n) is 16.9. The van der Waals surface area contributed by atoms with E-state index in [0.29, 0.717) is 31.1 Å².